The SMILES string of the molecule is CCc1cc(-c2noc(-c3cc(C)cc(CN(CC)CC)c3)n2)cc(C)c1OC[C@@H](O)CC(O)C(N)=O. The van der Waals surface area contributed by atoms with Crippen LogP contribution < -0.4 is 10.5 Å². The van der Waals surface area contributed by atoms with Crippen LogP contribution in [0.5, 0.6) is 5.75 Å². The lowest BCUT2D eigenvalue weighted by Crippen LogP contribution is -2.33. The van der Waals surface area contributed by atoms with Crippen LogP contribution in [0.15, 0.2) is 34.9 Å². The number of rotatable bonds is 13. The van der Waals surface area contributed by atoms with Crippen LogP contribution >= 0.6 is 0 Å². The maximum absolute atomic E-state index is 11.0. The van der Waals surface area contributed by atoms with Gasteiger partial charge in [-0.25, -0.2) is 0 Å². The van der Waals surface area contributed by atoms with Gasteiger partial charge in [-0.3, -0.25) is 9.69 Å². The number of hydrogen-bond acceptors (Lipinski definition) is 8. The van der Waals surface area contributed by atoms with Gasteiger partial charge in [0.05, 0.1) is 6.10 Å². The molecule has 4 N–H and O–H groups in total. The summed E-state index contributed by atoms with van der Waals surface area (Å²) in [6.07, 6.45) is -1.95. The number of benzene rings is 2. The van der Waals surface area contributed by atoms with Crippen LogP contribution in [-0.4, -0.2) is 63.1 Å². The highest BCUT2D eigenvalue weighted by molar-refractivity contribution is 5.78. The van der Waals surface area contributed by atoms with Gasteiger partial charge in [-0.05, 0) is 74.3 Å². The molecule has 1 unspecified atom stereocenters. The number of hydrogen-bond donors (Lipinski definition) is 3. The van der Waals surface area contributed by atoms with Crippen LogP contribution in [0.25, 0.3) is 22.8 Å². The zero-order valence-corrected chi connectivity index (χ0v) is 22.3. The Balaban J connectivity index is 1.81. The van der Waals surface area contributed by atoms with Crippen molar-refractivity contribution in [2.24, 2.45) is 5.73 Å². The van der Waals surface area contributed by atoms with Gasteiger partial charge in [0.2, 0.25) is 11.7 Å². The van der Waals surface area contributed by atoms with Crippen LogP contribution in [0.1, 0.15) is 49.4 Å². The van der Waals surface area contributed by atoms with E-state index in [2.05, 4.69) is 47.9 Å². The molecule has 0 aliphatic heterocycles. The molecule has 37 heavy (non-hydrogen) atoms. The highest BCUT2D eigenvalue weighted by Crippen LogP contribution is 2.32. The van der Waals surface area contributed by atoms with E-state index in [4.69, 9.17) is 15.0 Å². The minimum absolute atomic E-state index is 0.0763. The lowest BCUT2D eigenvalue weighted by Gasteiger charge is -2.18. The van der Waals surface area contributed by atoms with Gasteiger partial charge in [-0.15, -0.1) is 0 Å². The molecule has 9 heteroatoms. The second-order valence-corrected chi connectivity index (χ2v) is 9.35. The smallest absolute Gasteiger partial charge is 0.258 e. The molecule has 0 bridgehead atoms. The third-order valence-electron chi connectivity index (χ3n) is 6.35. The summed E-state index contributed by atoms with van der Waals surface area (Å²) < 4.78 is 11.5. The first-order valence-corrected chi connectivity index (χ1v) is 12.7. The van der Waals surface area contributed by atoms with Gasteiger partial charge in [-0.2, -0.15) is 4.98 Å². The average molecular weight is 511 g/mol. The lowest BCUT2D eigenvalue weighted by molar-refractivity contribution is -0.127. The molecule has 9 nitrogen and oxygen atoms in total. The summed E-state index contributed by atoms with van der Waals surface area (Å²) in [4.78, 5) is 18.1. The first-order chi connectivity index (χ1) is 17.6. The lowest BCUT2D eigenvalue weighted by atomic mass is 10.0. The summed E-state index contributed by atoms with van der Waals surface area (Å²) in [6.45, 7) is 13.0. The minimum Gasteiger partial charge on any atom is -0.490 e. The predicted molar refractivity (Wildman–Crippen MR) is 142 cm³/mol. The Hall–Kier alpha value is -3.27. The number of carbonyl (C=O) groups is 1. The molecule has 1 aromatic heterocycles. The zero-order valence-electron chi connectivity index (χ0n) is 22.3. The summed E-state index contributed by atoms with van der Waals surface area (Å²) in [6, 6.07) is 10.2. The molecule has 0 saturated carbocycles. The average Bonchev–Trinajstić information content (AvgIpc) is 3.36. The minimum atomic E-state index is -1.41. The number of primary amides is 1. The zero-order chi connectivity index (χ0) is 27.1. The quantitative estimate of drug-likeness (QED) is 0.318. The van der Waals surface area contributed by atoms with Crippen molar-refractivity contribution in [3.05, 3.63) is 52.6 Å². The molecule has 3 rings (SSSR count). The van der Waals surface area contributed by atoms with Crippen LogP contribution in [-0.2, 0) is 17.8 Å². The Kier molecular flexibility index (Phi) is 9.79. The van der Waals surface area contributed by atoms with Gasteiger partial charge in [0.1, 0.15) is 18.5 Å². The molecule has 1 heterocycles. The maximum atomic E-state index is 11.0. The fourth-order valence-electron chi connectivity index (χ4n) is 4.31. The molecule has 0 aliphatic carbocycles. The number of aliphatic hydroxyl groups excluding tert-OH is 2. The van der Waals surface area contributed by atoms with Gasteiger partial charge in [0.15, 0.2) is 0 Å². The molecular formula is C28H38N4O5. The van der Waals surface area contributed by atoms with Crippen LogP contribution in [0.4, 0.5) is 0 Å². The number of aliphatic hydroxyl groups is 2. The van der Waals surface area contributed by atoms with Crippen molar-refractivity contribution < 1.29 is 24.3 Å². The summed E-state index contributed by atoms with van der Waals surface area (Å²) in [5, 5.41) is 23.9. The standard InChI is InChI=1S/C28H38N4O5/c1-6-20-13-21(11-18(5)25(20)36-16-23(33)14-24(34)26(29)35)27-30-28(37-31-27)22-10-17(4)9-19(12-22)15-32(7-2)8-3/h9-13,23-24,33-34H,6-8,14-16H2,1-5H3,(H2,29,35)/t23-,24?/m0/s1. The van der Waals surface area contributed by atoms with Crippen molar-refractivity contribution in [1.29, 1.82) is 0 Å². The molecule has 0 aliphatic rings. The summed E-state index contributed by atoms with van der Waals surface area (Å²) in [5.74, 6) is 0.712. The molecule has 0 fully saturated rings. The summed E-state index contributed by atoms with van der Waals surface area (Å²) in [7, 11) is 0. The van der Waals surface area contributed by atoms with Crippen molar-refractivity contribution in [3.63, 3.8) is 0 Å². The van der Waals surface area contributed by atoms with Crippen LogP contribution in [0.2, 0.25) is 0 Å². The summed E-state index contributed by atoms with van der Waals surface area (Å²) in [5.41, 5.74) is 10.9. The molecule has 2 atom stereocenters. The first-order valence-electron chi connectivity index (χ1n) is 12.7. The number of ether oxygens (including phenoxy) is 1. The van der Waals surface area contributed by atoms with E-state index >= 15 is 0 Å². The first kappa shape index (κ1) is 28.3. The third kappa shape index (κ3) is 7.38. The number of aromatic nitrogens is 2. The van der Waals surface area contributed by atoms with Crippen molar-refractivity contribution in [2.75, 3.05) is 19.7 Å². The second-order valence-electron chi connectivity index (χ2n) is 9.35. The maximum Gasteiger partial charge on any atom is 0.258 e. The van der Waals surface area contributed by atoms with E-state index in [0.29, 0.717) is 23.9 Å². The Bertz CT molecular complexity index is 1210. The van der Waals surface area contributed by atoms with Crippen LogP contribution in [0, 0.1) is 13.8 Å². The number of amides is 1. The molecule has 200 valence electrons. The van der Waals surface area contributed by atoms with E-state index in [0.717, 1.165) is 47.5 Å². The highest BCUT2D eigenvalue weighted by atomic mass is 16.5. The Morgan fingerprint density at radius 2 is 1.81 bits per heavy atom. The highest BCUT2D eigenvalue weighted by Gasteiger charge is 2.19. The Labute approximate surface area is 218 Å². The van der Waals surface area contributed by atoms with Gasteiger partial charge in [0, 0.05) is 24.1 Å². The van der Waals surface area contributed by atoms with E-state index in [-0.39, 0.29) is 13.0 Å². The molecule has 0 saturated heterocycles. The van der Waals surface area contributed by atoms with Crippen molar-refractivity contribution in [1.82, 2.24) is 15.0 Å². The third-order valence-corrected chi connectivity index (χ3v) is 6.35. The van der Waals surface area contributed by atoms with E-state index in [1.807, 2.05) is 32.0 Å². The molecule has 3 aromatic rings. The normalized spacial score (nSPS) is 13.1. The van der Waals surface area contributed by atoms with Crippen molar-refractivity contribution in [2.45, 2.75) is 66.2 Å². The molecule has 2 aromatic carbocycles. The van der Waals surface area contributed by atoms with Gasteiger partial charge in [-0.1, -0.05) is 37.6 Å². The van der Waals surface area contributed by atoms with Crippen molar-refractivity contribution >= 4 is 5.91 Å². The number of nitrogens with zero attached hydrogens (tertiary/aromatic N) is 3. The Morgan fingerprint density at radius 1 is 1.08 bits per heavy atom. The summed E-state index contributed by atoms with van der Waals surface area (Å²) >= 11 is 0. The van der Waals surface area contributed by atoms with Gasteiger partial charge in [0.25, 0.3) is 5.89 Å². The van der Waals surface area contributed by atoms with E-state index in [1.54, 1.807) is 0 Å². The molecule has 1 amide bonds. The molecule has 0 radical (unpaired) electrons. The number of aryl methyl sites for hydroxylation is 3. The molecular weight excluding hydrogens is 472 g/mol. The second kappa shape index (κ2) is 12.8. The van der Waals surface area contributed by atoms with Gasteiger partial charge < -0.3 is 25.2 Å². The van der Waals surface area contributed by atoms with E-state index in [9.17, 15) is 15.0 Å². The Morgan fingerprint density at radius 3 is 2.46 bits per heavy atom. The van der Waals surface area contributed by atoms with Gasteiger partial charge >= 0.3 is 0 Å². The monoisotopic (exact) mass is 510 g/mol. The van der Waals surface area contributed by atoms with E-state index in [1.165, 1.54) is 5.56 Å². The van der Waals surface area contributed by atoms with Crippen LogP contribution in [0.3, 0.4) is 0 Å². The number of nitrogens with two attached hydrogens (primary N) is 1. The molecule has 0 spiro atoms. The number of carbonyl (C=O) groups excluding carboxylic acids is 1. The fourth-order valence-corrected chi connectivity index (χ4v) is 4.31. The largest absolute Gasteiger partial charge is 0.490 e. The predicted octanol–water partition coefficient (Wildman–Crippen LogP) is 3.40. The van der Waals surface area contributed by atoms with E-state index < -0.39 is 18.1 Å². The fraction of sp³-hybridized carbons (Fsp3) is 0.464. The van der Waals surface area contributed by atoms with Crippen molar-refractivity contribution in [3.8, 4) is 28.6 Å². The topological polar surface area (TPSA) is 135 Å².